The molecule has 8 aromatic rings. The molecule has 480 valence electrons. The van der Waals surface area contributed by atoms with E-state index in [2.05, 4.69) is 36.3 Å². The highest BCUT2D eigenvalue weighted by Gasteiger charge is 2.40. The van der Waals surface area contributed by atoms with Gasteiger partial charge in [0.25, 0.3) is 11.1 Å². The van der Waals surface area contributed by atoms with E-state index in [0.717, 1.165) is 57.7 Å². The third kappa shape index (κ3) is 13.0. The summed E-state index contributed by atoms with van der Waals surface area (Å²) in [5.41, 5.74) is -2.16. The van der Waals surface area contributed by atoms with Crippen molar-refractivity contribution < 1.29 is 38.0 Å². The first kappa shape index (κ1) is 65.1. The van der Waals surface area contributed by atoms with Gasteiger partial charge < -0.3 is 28.4 Å². The number of rotatable bonds is 22. The minimum atomic E-state index is -1.37. The average molecular weight is 1360 g/mol. The maximum Gasteiger partial charge on any atom is 0.333 e. The van der Waals surface area contributed by atoms with Crippen molar-refractivity contribution >= 4 is 82.2 Å². The smallest absolute Gasteiger partial charge is 0.333 e. The van der Waals surface area contributed by atoms with Crippen molar-refractivity contribution in [3.63, 3.8) is 0 Å². The monoisotopic (exact) mass is 1350 g/mol. The lowest BCUT2D eigenvalue weighted by atomic mass is 9.79. The van der Waals surface area contributed by atoms with Crippen LogP contribution in [0.3, 0.4) is 0 Å². The second-order valence-corrected chi connectivity index (χ2v) is 28.0. The molecule has 0 spiro atoms. The van der Waals surface area contributed by atoms with Crippen molar-refractivity contribution in [3.05, 3.63) is 135 Å². The number of carbonyl (C=O) groups is 2. The average Bonchev–Trinajstić information content (AvgIpc) is 1.46. The van der Waals surface area contributed by atoms with Crippen LogP contribution < -0.4 is 32.0 Å². The number of benzene rings is 2. The first-order valence-electron chi connectivity index (χ1n) is 30.7. The highest BCUT2D eigenvalue weighted by atomic mass is 79.9. The molecule has 22 nitrogen and oxygen atoms in total. The van der Waals surface area contributed by atoms with Gasteiger partial charge in [-0.05, 0) is 115 Å². The quantitative estimate of drug-likeness (QED) is 0.0613. The number of thiophene rings is 2. The molecule has 4 aliphatic rings. The van der Waals surface area contributed by atoms with E-state index >= 15 is 0 Å². The number of ether oxygens (including phenoxy) is 6. The van der Waals surface area contributed by atoms with Crippen LogP contribution in [0.1, 0.15) is 139 Å². The second kappa shape index (κ2) is 27.4. The van der Waals surface area contributed by atoms with Gasteiger partial charge in [-0.25, -0.2) is 18.7 Å². The molecule has 8 heterocycles. The molecular weight excluding hydrogens is 1280 g/mol. The van der Waals surface area contributed by atoms with Crippen LogP contribution in [-0.2, 0) is 52.7 Å². The Morgan fingerprint density at radius 3 is 1.38 bits per heavy atom. The zero-order valence-corrected chi connectivity index (χ0v) is 55.9. The molecule has 26 heteroatoms. The highest BCUT2D eigenvalue weighted by molar-refractivity contribution is 9.10. The SMILES string of the molecule is COc1ccc(Br)cc1[C@H](Cn1c(=O)n(C(C)(C)C(=O)CC2CCC2)c(=O)c2c(C)c(-n3nccn3)sc21)OC1CCOCC1.COc1ccc(Cl)cc1[C@H](Cn1c(=O)n(C(C)(C)C(=O)CC2CCC2)c(=O)c2c(C)c(-n3nccn3)sc21)OC1CCOCC1. The Labute approximate surface area is 541 Å². The number of hydrogen-bond acceptors (Lipinski definition) is 18. The van der Waals surface area contributed by atoms with Crippen LogP contribution in [0.4, 0.5) is 0 Å². The lowest BCUT2D eigenvalue weighted by Crippen LogP contribution is -2.53. The number of hydrogen-bond donors (Lipinski definition) is 0. The van der Waals surface area contributed by atoms with Crippen LogP contribution in [-0.4, -0.2) is 113 Å². The summed E-state index contributed by atoms with van der Waals surface area (Å²) in [6.45, 7) is 12.8. The molecule has 90 heavy (non-hydrogen) atoms. The third-order valence-corrected chi connectivity index (χ3v) is 21.6. The molecule has 2 atom stereocenters. The van der Waals surface area contributed by atoms with Crippen molar-refractivity contribution in [2.75, 3.05) is 40.6 Å². The minimum Gasteiger partial charge on any atom is -0.496 e. The van der Waals surface area contributed by atoms with Gasteiger partial charge in [-0.1, -0.05) is 88.7 Å². The van der Waals surface area contributed by atoms with E-state index in [-0.39, 0.29) is 42.8 Å². The fourth-order valence-corrected chi connectivity index (χ4v) is 15.4. The molecule has 0 unspecified atom stereocenters. The lowest BCUT2D eigenvalue weighted by Gasteiger charge is -2.32. The molecule has 4 fully saturated rings. The van der Waals surface area contributed by atoms with Crippen LogP contribution in [0.2, 0.25) is 5.02 Å². The Morgan fingerprint density at radius 1 is 0.611 bits per heavy atom. The van der Waals surface area contributed by atoms with Gasteiger partial charge in [-0.2, -0.15) is 20.4 Å². The van der Waals surface area contributed by atoms with Gasteiger partial charge in [0.1, 0.15) is 54.4 Å². The Morgan fingerprint density at radius 2 is 1.00 bits per heavy atom. The summed E-state index contributed by atoms with van der Waals surface area (Å²) in [6.07, 6.45) is 14.4. The summed E-state index contributed by atoms with van der Waals surface area (Å²) < 4.78 is 42.3. The number of ketones is 2. The number of halogens is 2. The van der Waals surface area contributed by atoms with Gasteiger partial charge in [-0.15, -0.1) is 9.59 Å². The fraction of sp³-hybridized carbons (Fsp3) is 0.531. The fourth-order valence-electron chi connectivity index (χ4n) is 12.4. The minimum absolute atomic E-state index is 0.0441. The molecule has 0 amide bonds. The maximum atomic E-state index is 14.6. The van der Waals surface area contributed by atoms with Crippen LogP contribution in [0.5, 0.6) is 11.5 Å². The van der Waals surface area contributed by atoms with Crippen LogP contribution in [0, 0.1) is 25.7 Å². The van der Waals surface area contributed by atoms with Crippen molar-refractivity contribution in [1.82, 2.24) is 48.3 Å². The summed E-state index contributed by atoms with van der Waals surface area (Å²) >= 11 is 12.6. The summed E-state index contributed by atoms with van der Waals surface area (Å²) in [6, 6.07) is 11.0. The summed E-state index contributed by atoms with van der Waals surface area (Å²) in [5.74, 6) is 1.50. The molecule has 2 aliphatic carbocycles. The molecular formula is C64H76BrClN10O12S2. The number of fused-ring (bicyclic) bond motifs is 2. The van der Waals surface area contributed by atoms with E-state index in [4.69, 9.17) is 40.0 Å². The van der Waals surface area contributed by atoms with E-state index in [0.29, 0.717) is 135 Å². The molecule has 2 saturated heterocycles. The topological polar surface area (TPSA) is 239 Å². The first-order chi connectivity index (χ1) is 43.2. The molecule has 0 radical (unpaired) electrons. The Bertz CT molecular complexity index is 3900. The van der Waals surface area contributed by atoms with Crippen molar-refractivity contribution in [2.24, 2.45) is 11.8 Å². The molecule has 6 aromatic heterocycles. The summed E-state index contributed by atoms with van der Waals surface area (Å²) in [5, 5.41) is 19.6. The molecule has 0 N–H and O–H groups in total. The van der Waals surface area contributed by atoms with E-state index in [1.54, 1.807) is 94.0 Å². The van der Waals surface area contributed by atoms with Crippen LogP contribution in [0.15, 0.2) is 84.8 Å². The molecule has 2 aliphatic heterocycles. The summed E-state index contributed by atoms with van der Waals surface area (Å²) in [7, 11) is 3.18. The number of Topliss-reactive ketones (excluding diaryl/α,β-unsaturated/α-hetero) is 2. The Kier molecular flexibility index (Phi) is 19.8. The van der Waals surface area contributed by atoms with E-state index in [1.165, 1.54) is 32.3 Å². The van der Waals surface area contributed by atoms with Crippen LogP contribution >= 0.6 is 50.2 Å². The van der Waals surface area contributed by atoms with E-state index in [9.17, 15) is 28.8 Å². The van der Waals surface area contributed by atoms with E-state index in [1.807, 2.05) is 32.0 Å². The van der Waals surface area contributed by atoms with E-state index < -0.39 is 45.8 Å². The van der Waals surface area contributed by atoms with Gasteiger partial charge in [0.2, 0.25) is 0 Å². The normalized spacial score (nSPS) is 17.0. The van der Waals surface area contributed by atoms with Gasteiger partial charge >= 0.3 is 11.4 Å². The molecule has 2 saturated carbocycles. The molecule has 0 bridgehead atoms. The number of methoxy groups -OCH3 is 2. The zero-order valence-electron chi connectivity index (χ0n) is 51.9. The highest BCUT2D eigenvalue weighted by Crippen LogP contribution is 2.40. The second-order valence-electron chi connectivity index (χ2n) is 24.7. The standard InChI is InChI=1S/C32H38BrN5O6S.C32H38ClN5O6S/c2*1-19-27-28(40)37(32(2,3)26(39)16-20-6-5-7-20)31(41)36(30(27)45-29(19)38-34-12-13-35-38)18-25(44-22-10-14-43-15-11-22)23-17-21(33)8-9-24(23)42-4/h2*8-9,12-13,17,20,22,25H,5-7,10-11,14-16,18H2,1-4H3/t2*25-/m00/s1. The van der Waals surface area contributed by atoms with Crippen molar-refractivity contribution in [2.45, 2.75) is 167 Å². The number of aryl methyl sites for hydroxylation is 2. The number of aromatic nitrogens is 10. The third-order valence-electron chi connectivity index (χ3n) is 18.3. The predicted octanol–water partition coefficient (Wildman–Crippen LogP) is 10.5. The molecule has 2 aromatic carbocycles. The van der Waals surface area contributed by atoms with Gasteiger partial charge in [0, 0.05) is 71.0 Å². The van der Waals surface area contributed by atoms with Gasteiger partial charge in [0.15, 0.2) is 11.6 Å². The first-order valence-corrected chi connectivity index (χ1v) is 33.5. The van der Waals surface area contributed by atoms with Crippen LogP contribution in [0.25, 0.3) is 30.4 Å². The molecule has 12 rings (SSSR count). The predicted molar refractivity (Wildman–Crippen MR) is 347 cm³/mol. The lowest BCUT2D eigenvalue weighted by molar-refractivity contribution is -0.128. The largest absolute Gasteiger partial charge is 0.496 e. The zero-order chi connectivity index (χ0) is 63.8. The van der Waals surface area contributed by atoms with Crippen molar-refractivity contribution in [3.8, 4) is 21.5 Å². The number of carbonyl (C=O) groups excluding carboxylic acids is 2. The van der Waals surface area contributed by atoms with Crippen molar-refractivity contribution in [1.29, 1.82) is 0 Å². The van der Waals surface area contributed by atoms with Gasteiger partial charge in [0.05, 0.1) is 75.1 Å². The summed E-state index contributed by atoms with van der Waals surface area (Å²) in [4.78, 5) is 89.2. The Balaban J connectivity index is 0.000000185. The maximum absolute atomic E-state index is 14.6. The Hall–Kier alpha value is -6.45. The van der Waals surface area contributed by atoms with Gasteiger partial charge in [-0.3, -0.25) is 28.3 Å². The number of nitrogens with zero attached hydrogens (tertiary/aromatic N) is 10.